The lowest BCUT2D eigenvalue weighted by molar-refractivity contribution is -0.152. The summed E-state index contributed by atoms with van der Waals surface area (Å²) in [4.78, 5) is 51.2. The molecule has 118 valence electrons. The van der Waals surface area contributed by atoms with Gasteiger partial charge in [0.05, 0.1) is 25.0 Å². The van der Waals surface area contributed by atoms with E-state index >= 15 is 0 Å². The molecule has 0 saturated carbocycles. The van der Waals surface area contributed by atoms with E-state index in [0.29, 0.717) is 12.8 Å². The number of rotatable bonds is 2. The maximum Gasteiger partial charge on any atom is 0.328 e. The molecule has 2 saturated heterocycles. The van der Waals surface area contributed by atoms with Gasteiger partial charge in [-0.1, -0.05) is 12.2 Å². The first-order valence-electron chi connectivity index (χ1n) is 7.34. The first-order valence-corrected chi connectivity index (χ1v) is 7.34. The molecule has 0 spiro atoms. The molecule has 0 aromatic rings. The Kier molecular flexibility index (Phi) is 3.50. The topological polar surface area (TPSA) is 84.0 Å². The third-order valence-corrected chi connectivity index (χ3v) is 4.84. The molecule has 2 heterocycles. The zero-order valence-corrected chi connectivity index (χ0v) is 12.5. The van der Waals surface area contributed by atoms with Crippen LogP contribution in [-0.2, 0) is 23.9 Å². The first-order chi connectivity index (χ1) is 10.5. The van der Waals surface area contributed by atoms with Gasteiger partial charge < -0.3 is 9.64 Å². The molecule has 3 aliphatic rings. The van der Waals surface area contributed by atoms with Crippen molar-refractivity contribution in [2.75, 3.05) is 14.2 Å². The fraction of sp³-hybridized carbons (Fsp3) is 0.600. The van der Waals surface area contributed by atoms with Crippen molar-refractivity contribution >= 4 is 23.7 Å². The predicted molar refractivity (Wildman–Crippen MR) is 74.2 cm³/mol. The largest absolute Gasteiger partial charge is 0.467 e. The monoisotopic (exact) mass is 306 g/mol. The lowest BCUT2D eigenvalue weighted by atomic mass is 9.80. The number of ether oxygens (including phenoxy) is 1. The molecule has 0 aromatic heterocycles. The van der Waals surface area contributed by atoms with Crippen molar-refractivity contribution in [2.24, 2.45) is 11.8 Å². The molecule has 0 radical (unpaired) electrons. The number of amides is 3. The molecule has 7 heteroatoms. The van der Waals surface area contributed by atoms with Gasteiger partial charge in [0, 0.05) is 13.5 Å². The number of allylic oxidation sites excluding steroid dienone is 1. The van der Waals surface area contributed by atoms with E-state index in [4.69, 9.17) is 4.74 Å². The highest BCUT2D eigenvalue weighted by Crippen LogP contribution is 2.39. The number of carbonyl (C=O) groups excluding carboxylic acids is 4. The molecule has 4 atom stereocenters. The smallest absolute Gasteiger partial charge is 0.328 e. The molecule has 3 rings (SSSR count). The summed E-state index contributed by atoms with van der Waals surface area (Å²) in [6, 6.07) is -1.24. The van der Waals surface area contributed by atoms with Crippen molar-refractivity contribution in [1.29, 1.82) is 0 Å². The summed E-state index contributed by atoms with van der Waals surface area (Å²) >= 11 is 0. The molecule has 0 unspecified atom stereocenters. The highest BCUT2D eigenvalue weighted by molar-refractivity contribution is 6.06. The van der Waals surface area contributed by atoms with E-state index in [1.807, 2.05) is 6.08 Å². The number of hydrogen-bond donors (Lipinski definition) is 0. The summed E-state index contributed by atoms with van der Waals surface area (Å²) in [7, 11) is 2.74. The van der Waals surface area contributed by atoms with Crippen LogP contribution in [0.1, 0.15) is 19.3 Å². The molecule has 0 bridgehead atoms. The standard InChI is InChI=1S/C15H18N2O5/c1-16-13(19)8-4-3-5-9(12(8)14(16)20)17-10(15(21)22-2)6-7-11(17)18/h3,5,8-10,12H,4,6-7H2,1-2H3/t8-,9+,10-,12-/m0/s1. The number of imide groups is 1. The molecule has 22 heavy (non-hydrogen) atoms. The summed E-state index contributed by atoms with van der Waals surface area (Å²) < 4.78 is 4.76. The summed E-state index contributed by atoms with van der Waals surface area (Å²) in [6.07, 6.45) is 4.70. The lowest BCUT2D eigenvalue weighted by Crippen LogP contribution is -2.51. The van der Waals surface area contributed by atoms with E-state index in [1.165, 1.54) is 19.1 Å². The van der Waals surface area contributed by atoms with E-state index in [9.17, 15) is 19.2 Å². The second-order valence-corrected chi connectivity index (χ2v) is 5.90. The number of esters is 1. The minimum Gasteiger partial charge on any atom is -0.467 e. The third kappa shape index (κ3) is 1.95. The van der Waals surface area contributed by atoms with E-state index < -0.39 is 29.9 Å². The molecular formula is C15H18N2O5. The number of nitrogens with zero attached hydrogens (tertiary/aromatic N) is 2. The van der Waals surface area contributed by atoms with Crippen LogP contribution in [0.2, 0.25) is 0 Å². The Morgan fingerprint density at radius 2 is 2.00 bits per heavy atom. The van der Waals surface area contributed by atoms with E-state index in [2.05, 4.69) is 0 Å². The van der Waals surface area contributed by atoms with Crippen LogP contribution >= 0.6 is 0 Å². The van der Waals surface area contributed by atoms with Crippen molar-refractivity contribution in [2.45, 2.75) is 31.3 Å². The van der Waals surface area contributed by atoms with Gasteiger partial charge in [-0.3, -0.25) is 19.3 Å². The Morgan fingerprint density at radius 1 is 1.27 bits per heavy atom. The lowest BCUT2D eigenvalue weighted by Gasteiger charge is -2.36. The van der Waals surface area contributed by atoms with Gasteiger partial charge in [-0.25, -0.2) is 4.79 Å². The molecular weight excluding hydrogens is 288 g/mol. The molecule has 0 N–H and O–H groups in total. The second-order valence-electron chi connectivity index (χ2n) is 5.90. The van der Waals surface area contributed by atoms with E-state index in [0.717, 1.165) is 4.90 Å². The summed E-state index contributed by atoms with van der Waals surface area (Å²) in [5.74, 6) is -2.21. The number of methoxy groups -OCH3 is 1. The highest BCUT2D eigenvalue weighted by atomic mass is 16.5. The zero-order valence-electron chi connectivity index (χ0n) is 12.5. The fourth-order valence-electron chi connectivity index (χ4n) is 3.73. The number of fused-ring (bicyclic) bond motifs is 1. The summed E-state index contributed by atoms with van der Waals surface area (Å²) in [5.41, 5.74) is 0. The van der Waals surface area contributed by atoms with Gasteiger partial charge in [0.2, 0.25) is 17.7 Å². The van der Waals surface area contributed by atoms with Gasteiger partial charge in [-0.05, 0) is 12.8 Å². The van der Waals surface area contributed by atoms with Gasteiger partial charge >= 0.3 is 5.97 Å². The molecule has 0 aromatic carbocycles. The Bertz CT molecular complexity index is 584. The van der Waals surface area contributed by atoms with Crippen molar-refractivity contribution in [3.63, 3.8) is 0 Å². The van der Waals surface area contributed by atoms with Crippen molar-refractivity contribution in [1.82, 2.24) is 9.80 Å². The average molecular weight is 306 g/mol. The van der Waals surface area contributed by atoms with Crippen LogP contribution in [0.25, 0.3) is 0 Å². The maximum absolute atomic E-state index is 12.4. The average Bonchev–Trinajstić information content (AvgIpc) is 3.01. The normalized spacial score (nSPS) is 34.4. The maximum atomic E-state index is 12.4. The number of hydrogen-bond acceptors (Lipinski definition) is 5. The van der Waals surface area contributed by atoms with E-state index in [-0.39, 0.29) is 24.1 Å². The highest BCUT2D eigenvalue weighted by Gasteiger charge is 2.54. The van der Waals surface area contributed by atoms with Crippen LogP contribution in [0.5, 0.6) is 0 Å². The minimum absolute atomic E-state index is 0.180. The summed E-state index contributed by atoms with van der Waals surface area (Å²) in [6.45, 7) is 0. The molecule has 1 aliphatic carbocycles. The van der Waals surface area contributed by atoms with Gasteiger partial charge in [0.25, 0.3) is 0 Å². The van der Waals surface area contributed by atoms with Crippen LogP contribution in [-0.4, -0.2) is 59.7 Å². The van der Waals surface area contributed by atoms with Crippen LogP contribution in [0.3, 0.4) is 0 Å². The Morgan fingerprint density at radius 3 is 2.68 bits per heavy atom. The zero-order chi connectivity index (χ0) is 16.0. The fourth-order valence-corrected chi connectivity index (χ4v) is 3.73. The Hall–Kier alpha value is -2.18. The van der Waals surface area contributed by atoms with Gasteiger partial charge in [-0.15, -0.1) is 0 Å². The second kappa shape index (κ2) is 5.23. The third-order valence-electron chi connectivity index (χ3n) is 4.84. The molecule has 2 fully saturated rings. The van der Waals surface area contributed by atoms with Crippen molar-refractivity contribution < 1.29 is 23.9 Å². The predicted octanol–water partition coefficient (Wildman–Crippen LogP) is -0.290. The first kappa shape index (κ1) is 14.7. The van der Waals surface area contributed by atoms with Gasteiger partial charge in [0.15, 0.2) is 0 Å². The summed E-state index contributed by atoms with van der Waals surface area (Å²) in [5, 5.41) is 0. The van der Waals surface area contributed by atoms with Crippen LogP contribution < -0.4 is 0 Å². The minimum atomic E-state index is -0.681. The quantitative estimate of drug-likeness (QED) is 0.398. The van der Waals surface area contributed by atoms with Crippen LogP contribution in [0.15, 0.2) is 12.2 Å². The molecule has 7 nitrogen and oxygen atoms in total. The van der Waals surface area contributed by atoms with Gasteiger partial charge in [-0.2, -0.15) is 0 Å². The van der Waals surface area contributed by atoms with Crippen molar-refractivity contribution in [3.8, 4) is 0 Å². The SMILES string of the molecule is COC(=O)[C@@H]1CCC(=O)N1[C@@H]1C=CC[C@@H]2C(=O)N(C)C(=O)[C@@H]21. The number of carbonyl (C=O) groups is 4. The van der Waals surface area contributed by atoms with Crippen molar-refractivity contribution in [3.05, 3.63) is 12.2 Å². The Balaban J connectivity index is 1.96. The van der Waals surface area contributed by atoms with Gasteiger partial charge in [0.1, 0.15) is 6.04 Å². The van der Waals surface area contributed by atoms with E-state index in [1.54, 1.807) is 6.08 Å². The molecule has 3 amide bonds. The van der Waals surface area contributed by atoms with Crippen LogP contribution in [0, 0.1) is 11.8 Å². The number of likely N-dealkylation sites (tertiary alicyclic amines) is 2. The molecule has 2 aliphatic heterocycles. The van der Waals surface area contributed by atoms with Crippen LogP contribution in [0.4, 0.5) is 0 Å². The Labute approximate surface area is 127 Å².